The smallest absolute Gasteiger partial charge is 0.262 e. The van der Waals surface area contributed by atoms with Gasteiger partial charge in [-0.1, -0.05) is 11.6 Å². The van der Waals surface area contributed by atoms with Crippen LogP contribution in [0.15, 0.2) is 18.2 Å². The maximum Gasteiger partial charge on any atom is 0.262 e. The van der Waals surface area contributed by atoms with Crippen LogP contribution in [0.2, 0.25) is 0 Å². The SMILES string of the molecule is Cc1ccc2c(c1)C(=O)N(C1CCCNC1=O)C2=O. The number of benzene rings is 1. The Morgan fingerprint density at radius 3 is 2.63 bits per heavy atom. The van der Waals surface area contributed by atoms with Gasteiger partial charge in [0.15, 0.2) is 0 Å². The molecule has 0 aromatic heterocycles. The molecule has 1 saturated heterocycles. The normalized spacial score (nSPS) is 22.5. The Labute approximate surface area is 110 Å². The standard InChI is InChI=1S/C14H14N2O3/c1-8-4-5-9-10(7-8)14(19)16(13(9)18)11-3-2-6-15-12(11)17/h4-5,7,11H,2-3,6H2,1H3,(H,15,17). The molecule has 3 rings (SSSR count). The summed E-state index contributed by atoms with van der Waals surface area (Å²) in [5.74, 6) is -0.953. The van der Waals surface area contributed by atoms with E-state index in [0.29, 0.717) is 24.1 Å². The van der Waals surface area contributed by atoms with Crippen LogP contribution in [0.5, 0.6) is 0 Å². The summed E-state index contributed by atoms with van der Waals surface area (Å²) in [5.41, 5.74) is 1.73. The second-order valence-electron chi connectivity index (χ2n) is 4.98. The lowest BCUT2D eigenvalue weighted by Crippen LogP contribution is -2.52. The molecular weight excluding hydrogens is 244 g/mol. The minimum atomic E-state index is -0.665. The van der Waals surface area contributed by atoms with Gasteiger partial charge >= 0.3 is 0 Å². The summed E-state index contributed by atoms with van der Waals surface area (Å²) in [5, 5.41) is 2.70. The zero-order valence-corrected chi connectivity index (χ0v) is 10.6. The number of amides is 3. The van der Waals surface area contributed by atoms with Gasteiger partial charge in [-0.15, -0.1) is 0 Å². The number of nitrogens with one attached hydrogen (secondary N) is 1. The molecule has 0 spiro atoms. The van der Waals surface area contributed by atoms with E-state index >= 15 is 0 Å². The van der Waals surface area contributed by atoms with Crippen molar-refractivity contribution in [3.63, 3.8) is 0 Å². The van der Waals surface area contributed by atoms with Gasteiger partial charge in [-0.3, -0.25) is 19.3 Å². The Morgan fingerprint density at radius 1 is 1.16 bits per heavy atom. The molecule has 1 atom stereocenters. The number of rotatable bonds is 1. The molecule has 3 amide bonds. The number of aryl methyl sites for hydroxylation is 1. The first-order chi connectivity index (χ1) is 9.09. The lowest BCUT2D eigenvalue weighted by atomic mass is 10.1. The van der Waals surface area contributed by atoms with Crippen molar-refractivity contribution in [2.45, 2.75) is 25.8 Å². The minimum Gasteiger partial charge on any atom is -0.354 e. The monoisotopic (exact) mass is 258 g/mol. The molecule has 19 heavy (non-hydrogen) atoms. The van der Waals surface area contributed by atoms with E-state index in [1.165, 1.54) is 0 Å². The average Bonchev–Trinajstić information content (AvgIpc) is 2.63. The molecule has 5 nitrogen and oxygen atoms in total. The summed E-state index contributed by atoms with van der Waals surface area (Å²) < 4.78 is 0. The number of piperidine rings is 1. The van der Waals surface area contributed by atoms with E-state index in [4.69, 9.17) is 0 Å². The fourth-order valence-electron chi connectivity index (χ4n) is 2.66. The number of fused-ring (bicyclic) bond motifs is 1. The molecule has 2 aliphatic rings. The van der Waals surface area contributed by atoms with Gasteiger partial charge in [0, 0.05) is 6.54 Å². The summed E-state index contributed by atoms with van der Waals surface area (Å²) in [7, 11) is 0. The zero-order chi connectivity index (χ0) is 13.6. The molecule has 1 aromatic rings. The molecule has 1 fully saturated rings. The number of carbonyl (C=O) groups is 3. The van der Waals surface area contributed by atoms with Crippen LogP contribution in [0.25, 0.3) is 0 Å². The number of hydrogen-bond acceptors (Lipinski definition) is 3. The highest BCUT2D eigenvalue weighted by Crippen LogP contribution is 2.27. The molecule has 2 heterocycles. The van der Waals surface area contributed by atoms with E-state index in [2.05, 4.69) is 5.32 Å². The summed E-state index contributed by atoms with van der Waals surface area (Å²) in [6, 6.07) is 4.50. The molecule has 1 aromatic carbocycles. The van der Waals surface area contributed by atoms with Crippen LogP contribution in [0, 0.1) is 6.92 Å². The molecule has 5 heteroatoms. The molecule has 0 bridgehead atoms. The zero-order valence-electron chi connectivity index (χ0n) is 10.6. The molecule has 0 aliphatic carbocycles. The van der Waals surface area contributed by atoms with Crippen LogP contribution < -0.4 is 5.32 Å². The van der Waals surface area contributed by atoms with Crippen LogP contribution in [0.1, 0.15) is 39.1 Å². The number of nitrogens with zero attached hydrogens (tertiary/aromatic N) is 1. The highest BCUT2D eigenvalue weighted by molar-refractivity contribution is 6.23. The van der Waals surface area contributed by atoms with E-state index in [1.54, 1.807) is 18.2 Å². The topological polar surface area (TPSA) is 66.5 Å². The van der Waals surface area contributed by atoms with Gasteiger partial charge in [-0.05, 0) is 31.9 Å². The molecule has 98 valence electrons. The predicted octanol–water partition coefficient (Wildman–Crippen LogP) is 0.870. The van der Waals surface area contributed by atoms with Crippen molar-refractivity contribution in [3.8, 4) is 0 Å². The maximum absolute atomic E-state index is 12.3. The molecule has 1 N–H and O–H groups in total. The lowest BCUT2D eigenvalue weighted by molar-refractivity contribution is -0.126. The van der Waals surface area contributed by atoms with Crippen LogP contribution in [0.3, 0.4) is 0 Å². The van der Waals surface area contributed by atoms with Crippen molar-refractivity contribution < 1.29 is 14.4 Å². The Hall–Kier alpha value is -2.17. The maximum atomic E-state index is 12.3. The summed E-state index contributed by atoms with van der Waals surface area (Å²) in [4.78, 5) is 37.6. The van der Waals surface area contributed by atoms with Crippen LogP contribution >= 0.6 is 0 Å². The van der Waals surface area contributed by atoms with E-state index in [0.717, 1.165) is 16.9 Å². The third-order valence-corrected chi connectivity index (χ3v) is 3.64. The van der Waals surface area contributed by atoms with Gasteiger partial charge in [-0.2, -0.15) is 0 Å². The van der Waals surface area contributed by atoms with Crippen molar-refractivity contribution in [1.82, 2.24) is 10.2 Å². The number of imide groups is 1. The van der Waals surface area contributed by atoms with Gasteiger partial charge < -0.3 is 5.32 Å². The van der Waals surface area contributed by atoms with E-state index < -0.39 is 6.04 Å². The number of carbonyl (C=O) groups excluding carboxylic acids is 3. The highest BCUT2D eigenvalue weighted by atomic mass is 16.2. The molecule has 1 unspecified atom stereocenters. The van der Waals surface area contributed by atoms with Crippen LogP contribution in [-0.4, -0.2) is 35.2 Å². The van der Waals surface area contributed by atoms with Crippen LogP contribution in [-0.2, 0) is 4.79 Å². The van der Waals surface area contributed by atoms with E-state index in [9.17, 15) is 14.4 Å². The Kier molecular flexibility index (Phi) is 2.62. The molecule has 0 saturated carbocycles. The van der Waals surface area contributed by atoms with Crippen molar-refractivity contribution >= 4 is 17.7 Å². The summed E-state index contributed by atoms with van der Waals surface area (Å²) in [6.45, 7) is 2.48. The Bertz CT molecular complexity index is 594. The summed E-state index contributed by atoms with van der Waals surface area (Å²) >= 11 is 0. The lowest BCUT2D eigenvalue weighted by Gasteiger charge is -2.28. The third-order valence-electron chi connectivity index (χ3n) is 3.64. The summed E-state index contributed by atoms with van der Waals surface area (Å²) in [6.07, 6.45) is 1.32. The van der Waals surface area contributed by atoms with Crippen LogP contribution in [0.4, 0.5) is 0 Å². The quantitative estimate of drug-likeness (QED) is 0.760. The Morgan fingerprint density at radius 2 is 1.89 bits per heavy atom. The first-order valence-electron chi connectivity index (χ1n) is 6.36. The second-order valence-corrected chi connectivity index (χ2v) is 4.98. The van der Waals surface area contributed by atoms with Gasteiger partial charge in [-0.25, -0.2) is 0 Å². The number of hydrogen-bond donors (Lipinski definition) is 1. The van der Waals surface area contributed by atoms with E-state index in [1.807, 2.05) is 6.92 Å². The largest absolute Gasteiger partial charge is 0.354 e. The van der Waals surface area contributed by atoms with Gasteiger partial charge in [0.1, 0.15) is 6.04 Å². The minimum absolute atomic E-state index is 0.238. The van der Waals surface area contributed by atoms with E-state index in [-0.39, 0.29) is 17.7 Å². The third kappa shape index (κ3) is 1.73. The van der Waals surface area contributed by atoms with Crippen molar-refractivity contribution in [3.05, 3.63) is 34.9 Å². The first-order valence-corrected chi connectivity index (χ1v) is 6.36. The molecule has 0 radical (unpaired) electrons. The van der Waals surface area contributed by atoms with Gasteiger partial charge in [0.2, 0.25) is 5.91 Å². The van der Waals surface area contributed by atoms with Crippen molar-refractivity contribution in [1.29, 1.82) is 0 Å². The predicted molar refractivity (Wildman–Crippen MR) is 67.7 cm³/mol. The molecule has 2 aliphatic heterocycles. The van der Waals surface area contributed by atoms with Crippen molar-refractivity contribution in [2.24, 2.45) is 0 Å². The molecular formula is C14H14N2O3. The van der Waals surface area contributed by atoms with Gasteiger partial charge in [0.25, 0.3) is 11.8 Å². The Balaban J connectivity index is 2.00. The highest BCUT2D eigenvalue weighted by Gasteiger charge is 2.43. The fraction of sp³-hybridized carbons (Fsp3) is 0.357. The van der Waals surface area contributed by atoms with Gasteiger partial charge in [0.05, 0.1) is 11.1 Å². The first kappa shape index (κ1) is 11.9. The fourth-order valence-corrected chi connectivity index (χ4v) is 2.66. The average molecular weight is 258 g/mol. The second kappa shape index (κ2) is 4.19. The van der Waals surface area contributed by atoms with Crippen molar-refractivity contribution in [2.75, 3.05) is 6.54 Å².